The molecule has 2 N–H and O–H groups in total. The summed E-state index contributed by atoms with van der Waals surface area (Å²) in [4.78, 5) is 6.91. The Kier molecular flexibility index (Phi) is 4.32. The lowest BCUT2D eigenvalue weighted by atomic mass is 9.90. The third-order valence-corrected chi connectivity index (χ3v) is 4.15. The van der Waals surface area contributed by atoms with Crippen molar-refractivity contribution in [3.8, 4) is 0 Å². The van der Waals surface area contributed by atoms with Crippen LogP contribution in [-0.4, -0.2) is 28.5 Å². The first kappa shape index (κ1) is 12.0. The van der Waals surface area contributed by atoms with Crippen molar-refractivity contribution in [2.75, 3.05) is 6.54 Å². The minimum absolute atomic E-state index is 0.439. The highest BCUT2D eigenvalue weighted by atomic mass is 32.1. The molecule has 0 atom stereocenters. The second-order valence-electron chi connectivity index (χ2n) is 4.61. The molecule has 4 heteroatoms. The number of aromatic nitrogens is 1. The summed E-state index contributed by atoms with van der Waals surface area (Å²) in [5.41, 5.74) is 9.07. The number of hydrogen-bond acceptors (Lipinski definition) is 4. The standard InChI is InChI=1S/C12H21N3S/c1-2-15(7-11-8-16-9-14-11)12-5-3-10(13)4-6-12/h8-10,12H,2-7,13H2,1H3. The van der Waals surface area contributed by atoms with Crippen LogP contribution in [0.4, 0.5) is 0 Å². The van der Waals surface area contributed by atoms with E-state index in [0.29, 0.717) is 12.1 Å². The highest BCUT2D eigenvalue weighted by molar-refractivity contribution is 7.07. The Labute approximate surface area is 102 Å². The van der Waals surface area contributed by atoms with E-state index in [4.69, 9.17) is 5.73 Å². The molecular weight excluding hydrogens is 218 g/mol. The molecule has 1 aromatic rings. The smallest absolute Gasteiger partial charge is 0.0795 e. The van der Waals surface area contributed by atoms with Gasteiger partial charge in [0.05, 0.1) is 11.2 Å². The largest absolute Gasteiger partial charge is 0.328 e. The van der Waals surface area contributed by atoms with Crippen LogP contribution in [0.25, 0.3) is 0 Å². The van der Waals surface area contributed by atoms with Gasteiger partial charge < -0.3 is 5.73 Å². The van der Waals surface area contributed by atoms with Crippen LogP contribution in [0.1, 0.15) is 38.3 Å². The molecule has 90 valence electrons. The Morgan fingerprint density at radius 2 is 2.19 bits per heavy atom. The third kappa shape index (κ3) is 3.03. The summed E-state index contributed by atoms with van der Waals surface area (Å²) < 4.78 is 0. The zero-order valence-corrected chi connectivity index (χ0v) is 10.7. The van der Waals surface area contributed by atoms with E-state index >= 15 is 0 Å². The van der Waals surface area contributed by atoms with Crippen LogP contribution in [0.15, 0.2) is 10.9 Å². The van der Waals surface area contributed by atoms with E-state index in [2.05, 4.69) is 22.2 Å². The van der Waals surface area contributed by atoms with Crippen LogP contribution in [0, 0.1) is 0 Å². The summed E-state index contributed by atoms with van der Waals surface area (Å²) in [6, 6.07) is 1.15. The Bertz CT molecular complexity index is 291. The highest BCUT2D eigenvalue weighted by Crippen LogP contribution is 2.23. The fourth-order valence-electron chi connectivity index (χ4n) is 2.49. The maximum absolute atomic E-state index is 5.95. The van der Waals surface area contributed by atoms with E-state index in [0.717, 1.165) is 13.1 Å². The molecule has 1 aromatic heterocycles. The molecule has 2 rings (SSSR count). The van der Waals surface area contributed by atoms with Gasteiger partial charge in [0, 0.05) is 24.0 Å². The fraction of sp³-hybridized carbons (Fsp3) is 0.750. The zero-order chi connectivity index (χ0) is 11.4. The van der Waals surface area contributed by atoms with Crippen molar-refractivity contribution >= 4 is 11.3 Å². The van der Waals surface area contributed by atoms with E-state index < -0.39 is 0 Å². The van der Waals surface area contributed by atoms with Gasteiger partial charge in [0.1, 0.15) is 0 Å². The van der Waals surface area contributed by atoms with Crippen LogP contribution >= 0.6 is 11.3 Å². The third-order valence-electron chi connectivity index (χ3n) is 3.51. The van der Waals surface area contributed by atoms with Gasteiger partial charge in [-0.3, -0.25) is 4.90 Å². The van der Waals surface area contributed by atoms with E-state index in [-0.39, 0.29) is 0 Å². The summed E-state index contributed by atoms with van der Waals surface area (Å²) >= 11 is 1.68. The van der Waals surface area contributed by atoms with Crippen molar-refractivity contribution in [3.05, 3.63) is 16.6 Å². The Hall–Kier alpha value is -0.450. The van der Waals surface area contributed by atoms with Gasteiger partial charge in [-0.15, -0.1) is 11.3 Å². The first-order valence-electron chi connectivity index (χ1n) is 6.16. The lowest BCUT2D eigenvalue weighted by Gasteiger charge is -2.35. The molecular formula is C12H21N3S. The van der Waals surface area contributed by atoms with Crippen molar-refractivity contribution in [2.45, 2.75) is 51.2 Å². The van der Waals surface area contributed by atoms with Gasteiger partial charge in [-0.2, -0.15) is 0 Å². The predicted octanol–water partition coefficient (Wildman–Crippen LogP) is 2.23. The van der Waals surface area contributed by atoms with Gasteiger partial charge in [0.25, 0.3) is 0 Å². The minimum atomic E-state index is 0.439. The molecule has 0 saturated heterocycles. The van der Waals surface area contributed by atoms with Gasteiger partial charge in [0.2, 0.25) is 0 Å². The topological polar surface area (TPSA) is 42.2 Å². The summed E-state index contributed by atoms with van der Waals surface area (Å²) in [6.07, 6.45) is 4.86. The molecule has 1 aliphatic carbocycles. The van der Waals surface area contributed by atoms with Crippen molar-refractivity contribution in [1.29, 1.82) is 0 Å². The molecule has 0 aromatic carbocycles. The number of rotatable bonds is 4. The van der Waals surface area contributed by atoms with Gasteiger partial charge in [-0.05, 0) is 32.2 Å². The molecule has 0 spiro atoms. The molecule has 0 amide bonds. The molecule has 1 aliphatic rings. The minimum Gasteiger partial charge on any atom is -0.328 e. The number of thiazole rings is 1. The van der Waals surface area contributed by atoms with Crippen molar-refractivity contribution in [2.24, 2.45) is 5.73 Å². The monoisotopic (exact) mass is 239 g/mol. The lowest BCUT2D eigenvalue weighted by molar-refractivity contribution is 0.148. The van der Waals surface area contributed by atoms with Gasteiger partial charge >= 0.3 is 0 Å². The molecule has 1 heterocycles. The number of hydrogen-bond donors (Lipinski definition) is 1. The van der Waals surface area contributed by atoms with Crippen LogP contribution < -0.4 is 5.73 Å². The summed E-state index contributed by atoms with van der Waals surface area (Å²) in [5.74, 6) is 0. The van der Waals surface area contributed by atoms with Crippen LogP contribution in [0.2, 0.25) is 0 Å². The summed E-state index contributed by atoms with van der Waals surface area (Å²) in [5, 5.41) is 2.15. The van der Waals surface area contributed by atoms with Crippen molar-refractivity contribution in [1.82, 2.24) is 9.88 Å². The second kappa shape index (κ2) is 5.75. The van der Waals surface area contributed by atoms with Crippen LogP contribution in [-0.2, 0) is 6.54 Å². The molecule has 0 aliphatic heterocycles. The van der Waals surface area contributed by atoms with Crippen molar-refractivity contribution < 1.29 is 0 Å². The molecule has 1 saturated carbocycles. The Morgan fingerprint density at radius 1 is 1.44 bits per heavy atom. The number of nitrogens with zero attached hydrogens (tertiary/aromatic N) is 2. The van der Waals surface area contributed by atoms with E-state index in [1.807, 2.05) is 5.51 Å². The van der Waals surface area contributed by atoms with E-state index in [1.54, 1.807) is 11.3 Å². The first-order valence-corrected chi connectivity index (χ1v) is 7.10. The Morgan fingerprint density at radius 3 is 2.75 bits per heavy atom. The van der Waals surface area contributed by atoms with Crippen LogP contribution in [0.3, 0.4) is 0 Å². The second-order valence-corrected chi connectivity index (χ2v) is 5.33. The molecule has 1 fully saturated rings. The van der Waals surface area contributed by atoms with Crippen molar-refractivity contribution in [3.63, 3.8) is 0 Å². The van der Waals surface area contributed by atoms with Gasteiger partial charge in [-0.1, -0.05) is 6.92 Å². The Balaban J connectivity index is 1.89. The first-order chi connectivity index (χ1) is 7.79. The molecule has 3 nitrogen and oxygen atoms in total. The normalized spacial score (nSPS) is 26.2. The fourth-order valence-corrected chi connectivity index (χ4v) is 3.04. The zero-order valence-electron chi connectivity index (χ0n) is 9.93. The number of nitrogens with two attached hydrogens (primary N) is 1. The molecule has 0 radical (unpaired) electrons. The van der Waals surface area contributed by atoms with E-state index in [9.17, 15) is 0 Å². The summed E-state index contributed by atoms with van der Waals surface area (Å²) in [6.45, 7) is 4.35. The quantitative estimate of drug-likeness (QED) is 0.876. The highest BCUT2D eigenvalue weighted by Gasteiger charge is 2.23. The van der Waals surface area contributed by atoms with Gasteiger partial charge in [-0.25, -0.2) is 4.98 Å². The molecule has 0 unspecified atom stereocenters. The molecule has 0 bridgehead atoms. The maximum atomic E-state index is 5.95. The molecule has 16 heavy (non-hydrogen) atoms. The lowest BCUT2D eigenvalue weighted by Crippen LogP contribution is -2.40. The maximum Gasteiger partial charge on any atom is 0.0795 e. The summed E-state index contributed by atoms with van der Waals surface area (Å²) in [7, 11) is 0. The average Bonchev–Trinajstić information content (AvgIpc) is 2.80. The van der Waals surface area contributed by atoms with Gasteiger partial charge in [0.15, 0.2) is 0 Å². The van der Waals surface area contributed by atoms with E-state index in [1.165, 1.54) is 31.4 Å². The predicted molar refractivity (Wildman–Crippen MR) is 68.4 cm³/mol. The van der Waals surface area contributed by atoms with Crippen LogP contribution in [0.5, 0.6) is 0 Å². The average molecular weight is 239 g/mol. The SMILES string of the molecule is CCN(Cc1cscn1)C1CCC(N)CC1.